The van der Waals surface area contributed by atoms with Gasteiger partial charge in [-0.2, -0.15) is 0 Å². The molecule has 1 aromatic carbocycles. The summed E-state index contributed by atoms with van der Waals surface area (Å²) in [5.74, 6) is 0.601. The predicted molar refractivity (Wildman–Crippen MR) is 96.0 cm³/mol. The second kappa shape index (κ2) is 8.59. The predicted octanol–water partition coefficient (Wildman–Crippen LogP) is 2.15. The van der Waals surface area contributed by atoms with Crippen molar-refractivity contribution in [2.45, 2.75) is 51.3 Å². The second-order valence-corrected chi connectivity index (χ2v) is 7.27. The van der Waals surface area contributed by atoms with Crippen molar-refractivity contribution < 1.29 is 14.3 Å². The minimum Gasteiger partial charge on any atom is -0.376 e. The third-order valence-electron chi connectivity index (χ3n) is 5.18. The first-order valence-corrected chi connectivity index (χ1v) is 9.32. The lowest BCUT2D eigenvalue weighted by Crippen LogP contribution is -2.53. The molecule has 2 aliphatic rings. The number of likely N-dealkylation sites (tertiary alicyclic amines) is 1. The molecule has 2 aliphatic heterocycles. The van der Waals surface area contributed by atoms with Gasteiger partial charge in [-0.3, -0.25) is 9.59 Å². The highest BCUT2D eigenvalue weighted by Gasteiger charge is 2.42. The molecule has 136 valence electrons. The van der Waals surface area contributed by atoms with Crippen LogP contribution >= 0.6 is 0 Å². The lowest BCUT2D eigenvalue weighted by molar-refractivity contribution is -0.140. The van der Waals surface area contributed by atoms with Gasteiger partial charge in [0.05, 0.1) is 13.2 Å². The van der Waals surface area contributed by atoms with Crippen LogP contribution in [0.25, 0.3) is 0 Å². The highest BCUT2D eigenvalue weighted by molar-refractivity contribution is 5.93. The summed E-state index contributed by atoms with van der Waals surface area (Å²) in [7, 11) is 0. The Morgan fingerprint density at radius 2 is 2.16 bits per heavy atom. The normalized spacial score (nSPS) is 24.2. The number of ketones is 1. The van der Waals surface area contributed by atoms with Crippen molar-refractivity contribution in [2.75, 3.05) is 19.7 Å². The third kappa shape index (κ3) is 4.67. The van der Waals surface area contributed by atoms with E-state index in [1.54, 1.807) is 0 Å². The summed E-state index contributed by atoms with van der Waals surface area (Å²) >= 11 is 0. The lowest BCUT2D eigenvalue weighted by atomic mass is 9.95. The Bertz CT molecular complexity index is 590. The summed E-state index contributed by atoms with van der Waals surface area (Å²) in [4.78, 5) is 26.5. The van der Waals surface area contributed by atoms with Crippen molar-refractivity contribution in [3.8, 4) is 0 Å². The van der Waals surface area contributed by atoms with E-state index in [2.05, 4.69) is 12.2 Å². The fraction of sp³-hybridized carbons (Fsp3) is 0.600. The molecule has 1 aromatic rings. The molecule has 0 spiro atoms. The van der Waals surface area contributed by atoms with Gasteiger partial charge in [0, 0.05) is 25.6 Å². The van der Waals surface area contributed by atoms with Gasteiger partial charge in [-0.1, -0.05) is 37.3 Å². The number of carbonyl (C=O) groups is 2. The summed E-state index contributed by atoms with van der Waals surface area (Å²) in [5, 5.41) is 3.24. The molecule has 1 amide bonds. The van der Waals surface area contributed by atoms with E-state index in [0.717, 1.165) is 24.8 Å². The van der Waals surface area contributed by atoms with Crippen LogP contribution in [0.3, 0.4) is 0 Å². The Morgan fingerprint density at radius 1 is 1.36 bits per heavy atom. The number of hydrogen-bond acceptors (Lipinski definition) is 4. The van der Waals surface area contributed by atoms with Gasteiger partial charge < -0.3 is 15.0 Å². The number of benzene rings is 1. The van der Waals surface area contributed by atoms with Crippen LogP contribution in [0.15, 0.2) is 30.3 Å². The molecule has 5 heteroatoms. The smallest absolute Gasteiger partial charge is 0.223 e. The summed E-state index contributed by atoms with van der Waals surface area (Å²) in [6.07, 6.45) is 3.25. The lowest BCUT2D eigenvalue weighted by Gasteiger charge is -2.36. The molecule has 5 nitrogen and oxygen atoms in total. The third-order valence-corrected chi connectivity index (χ3v) is 5.18. The maximum absolute atomic E-state index is 12.6. The highest BCUT2D eigenvalue weighted by atomic mass is 16.5. The first-order valence-electron chi connectivity index (χ1n) is 9.32. The van der Waals surface area contributed by atoms with Gasteiger partial charge in [0.25, 0.3) is 0 Å². The molecule has 3 atom stereocenters. The number of nitrogens with zero attached hydrogens (tertiary/aromatic N) is 1. The number of fused-ring (bicyclic) bond motifs is 1. The van der Waals surface area contributed by atoms with E-state index in [0.29, 0.717) is 38.6 Å². The fourth-order valence-corrected chi connectivity index (χ4v) is 3.77. The largest absolute Gasteiger partial charge is 0.376 e. The van der Waals surface area contributed by atoms with Gasteiger partial charge in [0.1, 0.15) is 6.04 Å². The van der Waals surface area contributed by atoms with Gasteiger partial charge in [-0.15, -0.1) is 0 Å². The molecular weight excluding hydrogens is 316 g/mol. The Labute approximate surface area is 149 Å². The molecule has 0 radical (unpaired) electrons. The quantitative estimate of drug-likeness (QED) is 0.823. The monoisotopic (exact) mass is 344 g/mol. The summed E-state index contributed by atoms with van der Waals surface area (Å²) in [5.41, 5.74) is 1.16. The Morgan fingerprint density at radius 3 is 2.96 bits per heavy atom. The molecule has 0 aliphatic carbocycles. The van der Waals surface area contributed by atoms with Crippen molar-refractivity contribution in [1.82, 2.24) is 10.2 Å². The Hall–Kier alpha value is -1.72. The average Bonchev–Trinajstić information content (AvgIpc) is 3.02. The average molecular weight is 344 g/mol. The molecule has 0 aromatic heterocycles. The number of ether oxygens (including phenoxy) is 1. The summed E-state index contributed by atoms with van der Waals surface area (Å²) in [6.45, 7) is 4.48. The standard InChI is InChI=1S/C20H28N2O3/c1-15(13-25-14-16-6-3-2-4-7-16)9-10-19(24)22-11-5-8-17-20(22)18(23)12-21-17/h2-4,6-7,15,17,20-21H,5,8-14H2,1H3. The minimum atomic E-state index is -0.231. The first kappa shape index (κ1) is 18.1. The molecule has 2 fully saturated rings. The molecule has 2 saturated heterocycles. The molecule has 0 saturated carbocycles. The molecular formula is C20H28N2O3. The number of piperidine rings is 1. The first-order chi connectivity index (χ1) is 12.1. The van der Waals surface area contributed by atoms with Crippen LogP contribution in [0.4, 0.5) is 0 Å². The maximum Gasteiger partial charge on any atom is 0.223 e. The van der Waals surface area contributed by atoms with Crippen LogP contribution in [0.5, 0.6) is 0 Å². The van der Waals surface area contributed by atoms with Crippen LogP contribution in [-0.2, 0) is 20.9 Å². The van der Waals surface area contributed by atoms with E-state index in [4.69, 9.17) is 4.74 Å². The molecule has 25 heavy (non-hydrogen) atoms. The SMILES string of the molecule is CC(CCC(=O)N1CCCC2NCC(=O)C21)COCc1ccccc1. The molecule has 3 rings (SSSR count). The van der Waals surface area contributed by atoms with Crippen LogP contribution in [-0.4, -0.2) is 48.4 Å². The van der Waals surface area contributed by atoms with Gasteiger partial charge >= 0.3 is 0 Å². The van der Waals surface area contributed by atoms with E-state index in [-0.39, 0.29) is 23.8 Å². The number of Topliss-reactive ketones (excluding diaryl/α,β-unsaturated/α-hetero) is 1. The summed E-state index contributed by atoms with van der Waals surface area (Å²) < 4.78 is 5.76. The minimum absolute atomic E-state index is 0.113. The molecule has 3 unspecified atom stereocenters. The maximum atomic E-state index is 12.6. The number of rotatable bonds is 7. The van der Waals surface area contributed by atoms with Crippen LogP contribution < -0.4 is 5.32 Å². The number of amides is 1. The molecule has 1 N–H and O–H groups in total. The Kier molecular flexibility index (Phi) is 6.21. The number of hydrogen-bond donors (Lipinski definition) is 1. The number of carbonyl (C=O) groups excluding carboxylic acids is 2. The van der Waals surface area contributed by atoms with E-state index >= 15 is 0 Å². The Balaban J connectivity index is 1.40. The summed E-state index contributed by atoms with van der Waals surface area (Å²) in [6, 6.07) is 10.0. The molecule has 0 bridgehead atoms. The van der Waals surface area contributed by atoms with Crippen molar-refractivity contribution in [3.63, 3.8) is 0 Å². The van der Waals surface area contributed by atoms with E-state index < -0.39 is 0 Å². The molecule has 2 heterocycles. The second-order valence-electron chi connectivity index (χ2n) is 7.27. The van der Waals surface area contributed by atoms with Crippen molar-refractivity contribution in [3.05, 3.63) is 35.9 Å². The fourth-order valence-electron chi connectivity index (χ4n) is 3.77. The zero-order valence-electron chi connectivity index (χ0n) is 14.9. The van der Waals surface area contributed by atoms with Crippen molar-refractivity contribution >= 4 is 11.7 Å². The van der Waals surface area contributed by atoms with E-state index in [9.17, 15) is 9.59 Å². The topological polar surface area (TPSA) is 58.6 Å². The van der Waals surface area contributed by atoms with Crippen LogP contribution in [0.2, 0.25) is 0 Å². The number of nitrogens with one attached hydrogen (secondary N) is 1. The van der Waals surface area contributed by atoms with E-state index in [1.165, 1.54) is 0 Å². The van der Waals surface area contributed by atoms with E-state index in [1.807, 2.05) is 35.2 Å². The van der Waals surface area contributed by atoms with Gasteiger partial charge in [-0.25, -0.2) is 0 Å². The zero-order chi connectivity index (χ0) is 17.6. The van der Waals surface area contributed by atoms with Gasteiger partial charge in [0.2, 0.25) is 5.91 Å². The van der Waals surface area contributed by atoms with Crippen LogP contribution in [0.1, 0.15) is 38.2 Å². The zero-order valence-corrected chi connectivity index (χ0v) is 14.9. The van der Waals surface area contributed by atoms with Crippen molar-refractivity contribution in [1.29, 1.82) is 0 Å². The van der Waals surface area contributed by atoms with Gasteiger partial charge in [-0.05, 0) is 30.7 Å². The highest BCUT2D eigenvalue weighted by Crippen LogP contribution is 2.24. The van der Waals surface area contributed by atoms with Crippen molar-refractivity contribution in [2.24, 2.45) is 5.92 Å². The van der Waals surface area contributed by atoms with Gasteiger partial charge in [0.15, 0.2) is 5.78 Å². The van der Waals surface area contributed by atoms with Crippen LogP contribution in [0, 0.1) is 5.92 Å².